The Labute approximate surface area is 211 Å². The predicted octanol–water partition coefficient (Wildman–Crippen LogP) is 7.28. The Balaban J connectivity index is 1.51. The van der Waals surface area contributed by atoms with Gasteiger partial charge in [0.25, 0.3) is 0 Å². The quantitative estimate of drug-likeness (QED) is 0.239. The molecule has 4 heteroatoms. The molecule has 0 fully saturated rings. The Kier molecular flexibility index (Phi) is 7.24. The van der Waals surface area contributed by atoms with E-state index in [-0.39, 0.29) is 0 Å². The second-order valence-corrected chi connectivity index (χ2v) is 13.8. The van der Waals surface area contributed by atoms with Gasteiger partial charge in [-0.2, -0.15) is 0 Å². The van der Waals surface area contributed by atoms with Gasteiger partial charge in [0.15, 0.2) is 0 Å². The van der Waals surface area contributed by atoms with Crippen molar-refractivity contribution in [1.29, 1.82) is 0 Å². The van der Waals surface area contributed by atoms with E-state index in [0.29, 0.717) is 0 Å². The summed E-state index contributed by atoms with van der Waals surface area (Å²) in [6.07, 6.45) is 11.3. The van der Waals surface area contributed by atoms with Gasteiger partial charge in [0, 0.05) is 0 Å². The van der Waals surface area contributed by atoms with Crippen molar-refractivity contribution in [3.8, 4) is 0 Å². The van der Waals surface area contributed by atoms with Crippen LogP contribution < -0.4 is 21.6 Å². The SMILES string of the molecule is Cc1cc(C)cc(P(CCC2=C(P(c3ccco3)c3ccco3)CC=C2)c2cc(C)cc(C)c2)c1. The molecule has 2 nitrogen and oxygen atoms in total. The fourth-order valence-electron chi connectivity index (χ4n) is 5.02. The molecule has 0 radical (unpaired) electrons. The number of allylic oxidation sites excluding steroid dienone is 4. The molecule has 0 atom stereocenters. The van der Waals surface area contributed by atoms with Crippen LogP contribution in [0.2, 0.25) is 0 Å². The van der Waals surface area contributed by atoms with E-state index in [4.69, 9.17) is 8.83 Å². The molecule has 0 spiro atoms. The minimum absolute atomic E-state index is 0.468. The lowest BCUT2D eigenvalue weighted by Gasteiger charge is -2.22. The van der Waals surface area contributed by atoms with Crippen LogP contribution in [0.25, 0.3) is 0 Å². The van der Waals surface area contributed by atoms with Crippen molar-refractivity contribution in [2.75, 3.05) is 6.16 Å². The van der Waals surface area contributed by atoms with Gasteiger partial charge in [-0.05, 0) is 100 Å². The maximum Gasteiger partial charge on any atom is 0.137 e. The zero-order chi connectivity index (χ0) is 24.4. The van der Waals surface area contributed by atoms with Crippen LogP contribution in [-0.4, -0.2) is 6.16 Å². The third kappa shape index (κ3) is 5.45. The summed E-state index contributed by atoms with van der Waals surface area (Å²) in [6, 6.07) is 22.3. The number of aryl methyl sites for hydroxylation is 4. The Hall–Kier alpha value is -2.66. The van der Waals surface area contributed by atoms with E-state index >= 15 is 0 Å². The average molecular weight is 499 g/mol. The third-order valence-electron chi connectivity index (χ3n) is 6.36. The Morgan fingerprint density at radius 3 is 1.69 bits per heavy atom. The fraction of sp³-hybridized carbons (Fsp3) is 0.226. The van der Waals surface area contributed by atoms with E-state index in [1.54, 1.807) is 12.5 Å². The van der Waals surface area contributed by atoms with Crippen LogP contribution in [0.4, 0.5) is 0 Å². The molecule has 0 saturated heterocycles. The van der Waals surface area contributed by atoms with Crippen LogP contribution in [0.15, 0.2) is 105 Å². The predicted molar refractivity (Wildman–Crippen MR) is 152 cm³/mol. The van der Waals surface area contributed by atoms with Gasteiger partial charge in [-0.3, -0.25) is 0 Å². The molecule has 1 aliphatic carbocycles. The van der Waals surface area contributed by atoms with Crippen molar-refractivity contribution >= 4 is 37.5 Å². The smallest absolute Gasteiger partial charge is 0.137 e. The topological polar surface area (TPSA) is 26.3 Å². The van der Waals surface area contributed by atoms with Gasteiger partial charge in [0.2, 0.25) is 0 Å². The summed E-state index contributed by atoms with van der Waals surface area (Å²) < 4.78 is 11.8. The van der Waals surface area contributed by atoms with Gasteiger partial charge >= 0.3 is 0 Å². The summed E-state index contributed by atoms with van der Waals surface area (Å²) >= 11 is 0. The van der Waals surface area contributed by atoms with Gasteiger partial charge in [0.05, 0.1) is 20.4 Å². The van der Waals surface area contributed by atoms with E-state index in [2.05, 4.69) is 88.4 Å². The van der Waals surface area contributed by atoms with E-state index < -0.39 is 15.8 Å². The highest BCUT2D eigenvalue weighted by atomic mass is 31.1. The Morgan fingerprint density at radius 1 is 0.714 bits per heavy atom. The number of furan rings is 2. The monoisotopic (exact) mass is 498 g/mol. The maximum atomic E-state index is 5.91. The number of rotatable bonds is 8. The molecule has 2 aromatic heterocycles. The molecule has 4 aromatic rings. The molecule has 0 N–H and O–H groups in total. The Bertz CT molecular complexity index is 1240. The molecule has 35 heavy (non-hydrogen) atoms. The molecule has 0 saturated carbocycles. The highest BCUT2D eigenvalue weighted by Crippen LogP contribution is 2.50. The average Bonchev–Trinajstić information content (AvgIpc) is 3.58. The number of hydrogen-bond acceptors (Lipinski definition) is 2. The van der Waals surface area contributed by atoms with Crippen LogP contribution >= 0.6 is 15.8 Å². The maximum absolute atomic E-state index is 5.91. The largest absolute Gasteiger partial charge is 0.464 e. The lowest BCUT2D eigenvalue weighted by atomic mass is 10.2. The molecule has 178 valence electrons. The standard InChI is InChI=1S/C31H32O2P2/c1-22-16-23(2)19-27(18-22)34(28-20-24(3)17-25(4)21-28)15-12-26-8-5-9-29(26)35(30-10-6-13-32-30)31-11-7-14-33-31/h5-8,10-11,13-14,16-21H,9,12,15H2,1-4H3. The molecule has 5 rings (SSSR count). The van der Waals surface area contributed by atoms with Crippen LogP contribution in [0.3, 0.4) is 0 Å². The van der Waals surface area contributed by atoms with Crippen molar-refractivity contribution in [3.63, 3.8) is 0 Å². The third-order valence-corrected chi connectivity index (χ3v) is 11.2. The molecular weight excluding hydrogens is 466 g/mol. The first-order valence-electron chi connectivity index (χ1n) is 12.2. The van der Waals surface area contributed by atoms with Gasteiger partial charge in [-0.1, -0.05) is 70.8 Å². The second kappa shape index (κ2) is 10.5. The highest BCUT2D eigenvalue weighted by Gasteiger charge is 2.28. The van der Waals surface area contributed by atoms with E-state index in [0.717, 1.165) is 30.0 Å². The summed E-state index contributed by atoms with van der Waals surface area (Å²) in [5, 5.41) is 4.41. The lowest BCUT2D eigenvalue weighted by Crippen LogP contribution is -2.16. The normalized spacial score (nSPS) is 13.5. The molecular formula is C31H32O2P2. The van der Waals surface area contributed by atoms with Crippen LogP contribution in [0.5, 0.6) is 0 Å². The van der Waals surface area contributed by atoms with Crippen molar-refractivity contribution in [2.24, 2.45) is 0 Å². The summed E-state index contributed by atoms with van der Waals surface area (Å²) in [4.78, 5) is 0. The molecule has 2 heterocycles. The first kappa shape index (κ1) is 24.1. The first-order chi connectivity index (χ1) is 17.0. The first-order valence-corrected chi connectivity index (χ1v) is 15.0. The fourth-order valence-corrected chi connectivity index (χ4v) is 10.1. The Morgan fingerprint density at radius 2 is 1.23 bits per heavy atom. The van der Waals surface area contributed by atoms with Crippen LogP contribution in [-0.2, 0) is 0 Å². The molecule has 0 bridgehead atoms. The minimum atomic E-state index is -0.786. The molecule has 2 aromatic carbocycles. The van der Waals surface area contributed by atoms with Crippen molar-refractivity contribution in [1.82, 2.24) is 0 Å². The van der Waals surface area contributed by atoms with Gasteiger partial charge in [-0.25, -0.2) is 0 Å². The zero-order valence-electron chi connectivity index (χ0n) is 20.9. The highest BCUT2D eigenvalue weighted by molar-refractivity contribution is 7.76. The molecule has 0 aliphatic heterocycles. The van der Waals surface area contributed by atoms with Crippen LogP contribution in [0, 0.1) is 27.7 Å². The van der Waals surface area contributed by atoms with Crippen molar-refractivity contribution in [2.45, 2.75) is 40.5 Å². The number of hydrogen-bond donors (Lipinski definition) is 0. The van der Waals surface area contributed by atoms with Crippen LogP contribution in [0.1, 0.15) is 35.1 Å². The summed E-state index contributed by atoms with van der Waals surface area (Å²) in [5.74, 6) is 0. The summed E-state index contributed by atoms with van der Waals surface area (Å²) in [6.45, 7) is 8.86. The summed E-state index contributed by atoms with van der Waals surface area (Å²) in [7, 11) is -1.25. The van der Waals surface area contributed by atoms with Crippen molar-refractivity contribution < 1.29 is 8.83 Å². The summed E-state index contributed by atoms with van der Waals surface area (Å²) in [5.41, 5.74) is 8.85. The lowest BCUT2D eigenvalue weighted by molar-refractivity contribution is 0.593. The van der Waals surface area contributed by atoms with E-state index in [1.807, 2.05) is 12.1 Å². The molecule has 1 aliphatic rings. The zero-order valence-corrected chi connectivity index (χ0v) is 22.7. The van der Waals surface area contributed by atoms with Crippen molar-refractivity contribution in [3.05, 3.63) is 118 Å². The number of benzene rings is 2. The second-order valence-electron chi connectivity index (χ2n) is 9.41. The molecule has 0 amide bonds. The van der Waals surface area contributed by atoms with Gasteiger partial charge in [0.1, 0.15) is 11.0 Å². The van der Waals surface area contributed by atoms with E-state index in [9.17, 15) is 0 Å². The van der Waals surface area contributed by atoms with Gasteiger partial charge in [-0.15, -0.1) is 0 Å². The minimum Gasteiger partial charge on any atom is -0.464 e. The van der Waals surface area contributed by atoms with E-state index in [1.165, 1.54) is 43.8 Å². The van der Waals surface area contributed by atoms with Gasteiger partial charge < -0.3 is 8.83 Å². The molecule has 0 unspecified atom stereocenters.